The topological polar surface area (TPSA) is 20.3 Å². The van der Waals surface area contributed by atoms with E-state index in [9.17, 15) is 9.18 Å². The van der Waals surface area contributed by atoms with Gasteiger partial charge in [0.25, 0.3) is 5.91 Å². The Kier molecular flexibility index (Phi) is 4.38. The first-order valence-corrected chi connectivity index (χ1v) is 7.38. The van der Waals surface area contributed by atoms with Gasteiger partial charge >= 0.3 is 0 Å². The molecule has 1 aliphatic carbocycles. The highest BCUT2D eigenvalue weighted by atomic mass is 79.9. The second-order valence-corrected chi connectivity index (χ2v) is 5.52. The number of nitrogens with zero attached hydrogens (tertiary/aromatic N) is 1. The minimum absolute atomic E-state index is 0.0452. The predicted molar refractivity (Wildman–Crippen MR) is 73.6 cm³/mol. The van der Waals surface area contributed by atoms with E-state index in [4.69, 9.17) is 0 Å². The van der Waals surface area contributed by atoms with Crippen molar-refractivity contribution in [2.45, 2.75) is 32.2 Å². The highest BCUT2D eigenvalue weighted by Crippen LogP contribution is 2.27. The van der Waals surface area contributed by atoms with Gasteiger partial charge in [-0.1, -0.05) is 22.0 Å². The molecule has 1 saturated carbocycles. The first kappa shape index (κ1) is 13.5. The smallest absolute Gasteiger partial charge is 0.254 e. The molecule has 0 bridgehead atoms. The van der Waals surface area contributed by atoms with Crippen LogP contribution in [0.15, 0.2) is 18.2 Å². The second-order valence-electron chi connectivity index (χ2n) is 4.73. The lowest BCUT2D eigenvalue weighted by atomic mass is 9.90. The molecule has 1 aromatic carbocycles. The summed E-state index contributed by atoms with van der Waals surface area (Å²) in [4.78, 5) is 14.4. The molecule has 2 nitrogen and oxygen atoms in total. The average Bonchev–Trinajstić information content (AvgIpc) is 2.28. The first-order chi connectivity index (χ1) is 8.63. The van der Waals surface area contributed by atoms with E-state index in [0.29, 0.717) is 18.2 Å². The summed E-state index contributed by atoms with van der Waals surface area (Å²) in [6.07, 6.45) is 3.30. The summed E-state index contributed by atoms with van der Waals surface area (Å²) in [7, 11) is 0. The fourth-order valence-corrected chi connectivity index (χ4v) is 2.60. The Morgan fingerprint density at radius 1 is 1.50 bits per heavy atom. The molecular formula is C14H17BrFNO. The van der Waals surface area contributed by atoms with E-state index in [1.165, 1.54) is 18.6 Å². The molecule has 0 spiro atoms. The lowest BCUT2D eigenvalue weighted by Crippen LogP contribution is -2.45. The first-order valence-electron chi connectivity index (χ1n) is 6.26. The Morgan fingerprint density at radius 3 is 2.78 bits per heavy atom. The number of aryl methyl sites for hydroxylation is 1. The highest BCUT2D eigenvalue weighted by molar-refractivity contribution is 9.09. The normalized spacial score (nSPS) is 15.3. The average molecular weight is 314 g/mol. The summed E-state index contributed by atoms with van der Waals surface area (Å²) in [5.41, 5.74) is 1.32. The van der Waals surface area contributed by atoms with Crippen LogP contribution in [0.25, 0.3) is 0 Å². The molecule has 0 radical (unpaired) electrons. The van der Waals surface area contributed by atoms with Gasteiger partial charge in [0, 0.05) is 23.5 Å². The van der Waals surface area contributed by atoms with E-state index >= 15 is 0 Å². The summed E-state index contributed by atoms with van der Waals surface area (Å²) < 4.78 is 13.3. The monoisotopic (exact) mass is 313 g/mol. The summed E-state index contributed by atoms with van der Waals surface area (Å²) in [5.74, 6) is -0.396. The van der Waals surface area contributed by atoms with Crippen LogP contribution in [0.5, 0.6) is 0 Å². The second kappa shape index (κ2) is 5.83. The fraction of sp³-hybridized carbons (Fsp3) is 0.500. The van der Waals surface area contributed by atoms with Crippen molar-refractivity contribution >= 4 is 21.8 Å². The zero-order valence-electron chi connectivity index (χ0n) is 10.5. The van der Waals surface area contributed by atoms with E-state index in [2.05, 4.69) is 15.9 Å². The molecule has 0 unspecified atom stereocenters. The molecule has 18 heavy (non-hydrogen) atoms. The van der Waals surface area contributed by atoms with Crippen molar-refractivity contribution in [1.82, 2.24) is 4.90 Å². The number of rotatable bonds is 4. The molecule has 1 aromatic rings. The van der Waals surface area contributed by atoms with Crippen LogP contribution in [-0.4, -0.2) is 28.7 Å². The third kappa shape index (κ3) is 2.74. The molecule has 98 valence electrons. The van der Waals surface area contributed by atoms with Crippen molar-refractivity contribution < 1.29 is 9.18 Å². The predicted octanol–water partition coefficient (Wildman–Crippen LogP) is 3.52. The van der Waals surface area contributed by atoms with E-state index in [0.717, 1.165) is 23.7 Å². The number of hydrogen-bond donors (Lipinski definition) is 0. The van der Waals surface area contributed by atoms with Crippen molar-refractivity contribution in [2.24, 2.45) is 0 Å². The van der Waals surface area contributed by atoms with Crippen LogP contribution in [0.1, 0.15) is 35.2 Å². The summed E-state index contributed by atoms with van der Waals surface area (Å²) in [5, 5.41) is 0.754. The molecule has 1 amide bonds. The molecular weight excluding hydrogens is 297 g/mol. The van der Waals surface area contributed by atoms with Gasteiger partial charge in [0.05, 0.1) is 0 Å². The summed E-state index contributed by atoms with van der Waals surface area (Å²) in [6.45, 7) is 2.53. The molecule has 0 aliphatic heterocycles. The Bertz CT molecular complexity index is 445. The van der Waals surface area contributed by atoms with Gasteiger partial charge in [0.15, 0.2) is 0 Å². The zero-order chi connectivity index (χ0) is 13.1. The third-order valence-electron chi connectivity index (χ3n) is 3.53. The SMILES string of the molecule is Cc1ccc(F)cc1C(=O)N(CCBr)C1CCC1. The quantitative estimate of drug-likeness (QED) is 0.779. The van der Waals surface area contributed by atoms with Crippen LogP contribution in [0, 0.1) is 12.7 Å². The highest BCUT2D eigenvalue weighted by Gasteiger charge is 2.29. The Labute approximate surface area is 115 Å². The van der Waals surface area contributed by atoms with Crippen molar-refractivity contribution in [3.05, 3.63) is 35.1 Å². The van der Waals surface area contributed by atoms with Gasteiger partial charge < -0.3 is 4.90 Å². The van der Waals surface area contributed by atoms with Crippen LogP contribution in [0.2, 0.25) is 0 Å². The molecule has 0 atom stereocenters. The Morgan fingerprint density at radius 2 is 2.22 bits per heavy atom. The number of halogens is 2. The summed E-state index contributed by atoms with van der Waals surface area (Å²) in [6, 6.07) is 4.73. The number of carbonyl (C=O) groups is 1. The fourth-order valence-electron chi connectivity index (χ4n) is 2.22. The molecule has 1 aliphatic rings. The molecule has 0 N–H and O–H groups in total. The molecule has 1 fully saturated rings. The lowest BCUT2D eigenvalue weighted by Gasteiger charge is -2.37. The molecule has 4 heteroatoms. The Balaban J connectivity index is 2.23. The van der Waals surface area contributed by atoms with Crippen molar-refractivity contribution in [3.63, 3.8) is 0 Å². The van der Waals surface area contributed by atoms with Gasteiger partial charge in [0.1, 0.15) is 5.82 Å². The largest absolute Gasteiger partial charge is 0.335 e. The number of carbonyl (C=O) groups excluding carboxylic acids is 1. The van der Waals surface area contributed by atoms with Crippen LogP contribution in [-0.2, 0) is 0 Å². The van der Waals surface area contributed by atoms with Gasteiger partial charge in [-0.05, 0) is 43.9 Å². The van der Waals surface area contributed by atoms with E-state index < -0.39 is 0 Å². The summed E-state index contributed by atoms with van der Waals surface area (Å²) >= 11 is 3.38. The number of hydrogen-bond acceptors (Lipinski definition) is 1. The van der Waals surface area contributed by atoms with Gasteiger partial charge in [0.2, 0.25) is 0 Å². The van der Waals surface area contributed by atoms with Gasteiger partial charge in [-0.25, -0.2) is 4.39 Å². The third-order valence-corrected chi connectivity index (χ3v) is 3.89. The lowest BCUT2D eigenvalue weighted by molar-refractivity contribution is 0.0598. The molecule has 2 rings (SSSR count). The minimum Gasteiger partial charge on any atom is -0.335 e. The van der Waals surface area contributed by atoms with E-state index in [1.807, 2.05) is 11.8 Å². The van der Waals surface area contributed by atoms with E-state index in [1.54, 1.807) is 6.07 Å². The van der Waals surface area contributed by atoms with Gasteiger partial charge in [-0.15, -0.1) is 0 Å². The standard InChI is InChI=1S/C14H17BrFNO/c1-10-5-6-11(16)9-13(10)14(18)17(8-7-15)12-3-2-4-12/h5-6,9,12H,2-4,7-8H2,1H3. The molecule has 0 aromatic heterocycles. The van der Waals surface area contributed by atoms with E-state index in [-0.39, 0.29) is 11.7 Å². The van der Waals surface area contributed by atoms with Crippen molar-refractivity contribution in [1.29, 1.82) is 0 Å². The maximum absolute atomic E-state index is 13.3. The van der Waals surface area contributed by atoms with Gasteiger partial charge in [-0.2, -0.15) is 0 Å². The maximum atomic E-state index is 13.3. The van der Waals surface area contributed by atoms with Crippen molar-refractivity contribution in [3.8, 4) is 0 Å². The van der Waals surface area contributed by atoms with Crippen LogP contribution in [0.4, 0.5) is 4.39 Å². The zero-order valence-corrected chi connectivity index (χ0v) is 12.0. The van der Waals surface area contributed by atoms with Crippen LogP contribution >= 0.6 is 15.9 Å². The number of benzene rings is 1. The maximum Gasteiger partial charge on any atom is 0.254 e. The number of amides is 1. The molecule has 0 saturated heterocycles. The van der Waals surface area contributed by atoms with Gasteiger partial charge in [-0.3, -0.25) is 4.79 Å². The Hall–Kier alpha value is -0.900. The van der Waals surface area contributed by atoms with Crippen LogP contribution in [0.3, 0.4) is 0 Å². The van der Waals surface area contributed by atoms with Crippen molar-refractivity contribution in [2.75, 3.05) is 11.9 Å². The number of alkyl halides is 1. The van der Waals surface area contributed by atoms with Crippen LogP contribution < -0.4 is 0 Å². The minimum atomic E-state index is -0.351. The molecule has 0 heterocycles.